The Balaban J connectivity index is 1.69. The topological polar surface area (TPSA) is 38.3 Å². The maximum Gasteiger partial charge on any atom is 0.255 e. The third-order valence-electron chi connectivity index (χ3n) is 3.86. The van der Waals surface area contributed by atoms with Crippen LogP contribution in [-0.4, -0.2) is 5.91 Å². The molecule has 3 rings (SSSR count). The molecule has 5 heteroatoms. The van der Waals surface area contributed by atoms with E-state index in [1.165, 1.54) is 24.3 Å². The quantitative estimate of drug-likeness (QED) is 0.693. The number of carbonyl (C=O) groups is 1. The van der Waals surface area contributed by atoms with Crippen LogP contribution in [0.15, 0.2) is 66.7 Å². The molecule has 0 aliphatic rings. The van der Waals surface area contributed by atoms with E-state index in [0.29, 0.717) is 17.0 Å². The Morgan fingerprint density at radius 3 is 2.46 bits per heavy atom. The van der Waals surface area contributed by atoms with Gasteiger partial charge < -0.3 is 10.1 Å². The molecule has 3 aromatic rings. The molecule has 0 atom stereocenters. The summed E-state index contributed by atoms with van der Waals surface area (Å²) < 4.78 is 31.9. The minimum atomic E-state index is -0.415. The van der Waals surface area contributed by atoms with E-state index in [2.05, 4.69) is 5.32 Å². The highest BCUT2D eigenvalue weighted by Crippen LogP contribution is 2.19. The number of halogens is 2. The Kier molecular flexibility index (Phi) is 5.27. The van der Waals surface area contributed by atoms with E-state index in [4.69, 9.17) is 4.74 Å². The molecule has 0 saturated carbocycles. The number of hydrogen-bond acceptors (Lipinski definition) is 2. The summed E-state index contributed by atoms with van der Waals surface area (Å²) in [6.07, 6.45) is 0. The first-order valence-corrected chi connectivity index (χ1v) is 8.06. The first-order valence-electron chi connectivity index (χ1n) is 8.06. The van der Waals surface area contributed by atoms with Gasteiger partial charge in [0.25, 0.3) is 5.91 Å². The van der Waals surface area contributed by atoms with Crippen LogP contribution in [0.5, 0.6) is 5.75 Å². The summed E-state index contributed by atoms with van der Waals surface area (Å²) in [6, 6.07) is 16.9. The third-order valence-corrected chi connectivity index (χ3v) is 3.86. The molecular weight excluding hydrogens is 336 g/mol. The number of anilines is 1. The molecule has 0 bridgehead atoms. The summed E-state index contributed by atoms with van der Waals surface area (Å²) >= 11 is 0. The van der Waals surface area contributed by atoms with Crippen molar-refractivity contribution in [2.24, 2.45) is 0 Å². The number of nitrogens with one attached hydrogen (secondary N) is 1. The first-order chi connectivity index (χ1) is 12.5. The van der Waals surface area contributed by atoms with E-state index in [1.807, 2.05) is 0 Å². The van der Waals surface area contributed by atoms with E-state index in [0.717, 1.165) is 11.1 Å². The van der Waals surface area contributed by atoms with Gasteiger partial charge in [-0.25, -0.2) is 8.78 Å². The van der Waals surface area contributed by atoms with Crippen LogP contribution in [0.25, 0.3) is 0 Å². The number of hydrogen-bond donors (Lipinski definition) is 1. The molecule has 0 radical (unpaired) electrons. The average Bonchev–Trinajstić information content (AvgIpc) is 2.64. The molecule has 0 fully saturated rings. The van der Waals surface area contributed by atoms with Crippen LogP contribution < -0.4 is 10.1 Å². The average molecular weight is 353 g/mol. The third kappa shape index (κ3) is 4.45. The SMILES string of the molecule is Cc1ccc(F)cc1NC(=O)c1cccc(OCc2ccc(F)cc2)c1. The van der Waals surface area contributed by atoms with Crippen LogP contribution in [0.2, 0.25) is 0 Å². The first kappa shape index (κ1) is 17.6. The van der Waals surface area contributed by atoms with Crippen molar-refractivity contribution in [2.75, 3.05) is 5.32 Å². The Bertz CT molecular complexity index is 924. The molecular formula is C21H17F2NO2. The van der Waals surface area contributed by atoms with Crippen molar-refractivity contribution in [1.29, 1.82) is 0 Å². The number of benzene rings is 3. The number of rotatable bonds is 5. The maximum absolute atomic E-state index is 13.4. The summed E-state index contributed by atoms with van der Waals surface area (Å²) in [5, 5.41) is 2.70. The Hall–Kier alpha value is -3.21. The van der Waals surface area contributed by atoms with Gasteiger partial charge in [0.2, 0.25) is 0 Å². The van der Waals surface area contributed by atoms with E-state index in [-0.39, 0.29) is 18.3 Å². The van der Waals surface area contributed by atoms with E-state index < -0.39 is 5.82 Å². The van der Waals surface area contributed by atoms with Crippen molar-refractivity contribution < 1.29 is 18.3 Å². The second-order valence-corrected chi connectivity index (χ2v) is 5.86. The van der Waals surface area contributed by atoms with Gasteiger partial charge in [0.1, 0.15) is 24.0 Å². The van der Waals surface area contributed by atoms with Gasteiger partial charge in [0, 0.05) is 11.3 Å². The van der Waals surface area contributed by atoms with Crippen LogP contribution in [0, 0.1) is 18.6 Å². The fraction of sp³-hybridized carbons (Fsp3) is 0.0952. The van der Waals surface area contributed by atoms with E-state index >= 15 is 0 Å². The largest absolute Gasteiger partial charge is 0.489 e. The summed E-state index contributed by atoms with van der Waals surface area (Å²) in [5.41, 5.74) is 2.40. The van der Waals surface area contributed by atoms with Gasteiger partial charge in [0.15, 0.2) is 0 Å². The number of aryl methyl sites for hydroxylation is 1. The number of ether oxygens (including phenoxy) is 1. The van der Waals surface area contributed by atoms with Crippen LogP contribution in [-0.2, 0) is 6.61 Å². The highest BCUT2D eigenvalue weighted by atomic mass is 19.1. The lowest BCUT2D eigenvalue weighted by Gasteiger charge is -2.10. The lowest BCUT2D eigenvalue weighted by atomic mass is 10.1. The monoisotopic (exact) mass is 353 g/mol. The number of amides is 1. The molecule has 0 spiro atoms. The normalized spacial score (nSPS) is 10.4. The Morgan fingerprint density at radius 1 is 0.962 bits per heavy atom. The zero-order valence-electron chi connectivity index (χ0n) is 14.1. The predicted molar refractivity (Wildman–Crippen MR) is 96.3 cm³/mol. The van der Waals surface area contributed by atoms with Crippen molar-refractivity contribution in [1.82, 2.24) is 0 Å². The van der Waals surface area contributed by atoms with Crippen LogP contribution in [0.4, 0.5) is 14.5 Å². The minimum absolute atomic E-state index is 0.258. The molecule has 0 heterocycles. The van der Waals surface area contributed by atoms with Gasteiger partial charge in [-0.3, -0.25) is 4.79 Å². The fourth-order valence-corrected chi connectivity index (χ4v) is 2.40. The molecule has 0 aliphatic carbocycles. The second kappa shape index (κ2) is 7.78. The zero-order valence-corrected chi connectivity index (χ0v) is 14.1. The van der Waals surface area contributed by atoms with Crippen molar-refractivity contribution >= 4 is 11.6 Å². The number of carbonyl (C=O) groups excluding carboxylic acids is 1. The fourth-order valence-electron chi connectivity index (χ4n) is 2.40. The predicted octanol–water partition coefficient (Wildman–Crippen LogP) is 5.10. The Morgan fingerprint density at radius 2 is 1.69 bits per heavy atom. The molecule has 0 unspecified atom stereocenters. The van der Waals surface area contributed by atoms with Gasteiger partial charge in [-0.05, 0) is 60.5 Å². The van der Waals surface area contributed by atoms with Crippen molar-refractivity contribution in [2.45, 2.75) is 13.5 Å². The molecule has 1 N–H and O–H groups in total. The Labute approximate surface area is 150 Å². The smallest absolute Gasteiger partial charge is 0.255 e. The highest BCUT2D eigenvalue weighted by molar-refractivity contribution is 6.04. The molecule has 26 heavy (non-hydrogen) atoms. The van der Waals surface area contributed by atoms with Crippen LogP contribution >= 0.6 is 0 Å². The van der Waals surface area contributed by atoms with E-state index in [1.54, 1.807) is 49.4 Å². The molecule has 0 saturated heterocycles. The molecule has 3 nitrogen and oxygen atoms in total. The summed E-state index contributed by atoms with van der Waals surface area (Å²) in [7, 11) is 0. The second-order valence-electron chi connectivity index (χ2n) is 5.86. The van der Waals surface area contributed by atoms with Gasteiger partial charge in [-0.2, -0.15) is 0 Å². The van der Waals surface area contributed by atoms with Gasteiger partial charge >= 0.3 is 0 Å². The molecule has 0 aromatic heterocycles. The van der Waals surface area contributed by atoms with Crippen molar-refractivity contribution in [3.63, 3.8) is 0 Å². The summed E-state index contributed by atoms with van der Waals surface area (Å²) in [6.45, 7) is 2.05. The zero-order chi connectivity index (χ0) is 18.5. The minimum Gasteiger partial charge on any atom is -0.489 e. The molecule has 0 aliphatic heterocycles. The van der Waals surface area contributed by atoms with E-state index in [9.17, 15) is 13.6 Å². The van der Waals surface area contributed by atoms with Crippen LogP contribution in [0.3, 0.4) is 0 Å². The molecule has 3 aromatic carbocycles. The highest BCUT2D eigenvalue weighted by Gasteiger charge is 2.10. The van der Waals surface area contributed by atoms with Crippen LogP contribution in [0.1, 0.15) is 21.5 Å². The molecule has 132 valence electrons. The maximum atomic E-state index is 13.4. The van der Waals surface area contributed by atoms with Gasteiger partial charge in [-0.15, -0.1) is 0 Å². The summed E-state index contributed by atoms with van der Waals surface area (Å²) in [4.78, 5) is 12.4. The van der Waals surface area contributed by atoms with Crippen molar-refractivity contribution in [3.8, 4) is 5.75 Å². The lowest BCUT2D eigenvalue weighted by Crippen LogP contribution is -2.13. The van der Waals surface area contributed by atoms with Crippen molar-refractivity contribution in [3.05, 3.63) is 95.1 Å². The lowest BCUT2D eigenvalue weighted by molar-refractivity contribution is 0.102. The molecule has 1 amide bonds. The van der Waals surface area contributed by atoms with Gasteiger partial charge in [0.05, 0.1) is 0 Å². The standard InChI is InChI=1S/C21H17F2NO2/c1-14-5-8-18(23)12-20(14)24-21(25)16-3-2-4-19(11-16)26-13-15-6-9-17(22)10-7-15/h2-12H,13H2,1H3,(H,24,25). The van der Waals surface area contributed by atoms with Gasteiger partial charge in [-0.1, -0.05) is 24.3 Å². The summed E-state index contributed by atoms with van der Waals surface area (Å²) in [5.74, 6) is -0.564.